The summed E-state index contributed by atoms with van der Waals surface area (Å²) in [6.07, 6.45) is 19.3. The van der Waals surface area contributed by atoms with Gasteiger partial charge in [-0.25, -0.2) is 4.79 Å². The van der Waals surface area contributed by atoms with Crippen molar-refractivity contribution in [3.8, 4) is 0 Å². The maximum Gasteiger partial charge on any atom is 0.335 e. The van der Waals surface area contributed by atoms with Gasteiger partial charge in [-0.1, -0.05) is 76.6 Å². The molecule has 21 atom stereocenters. The number of amides is 1. The summed E-state index contributed by atoms with van der Waals surface area (Å²) < 4.78 is 19.0. The molecule has 1 amide bonds. The lowest BCUT2D eigenvalue weighted by Crippen LogP contribution is -2.87. The fourth-order valence-corrected chi connectivity index (χ4v) is 23.0. The molecule has 0 radical (unpaired) electrons. The number of H-pyrrole nitrogens is 1. The molecule has 13 rings (SSSR count). The van der Waals surface area contributed by atoms with Crippen LogP contribution in [0, 0.1) is 83.7 Å². The van der Waals surface area contributed by atoms with Crippen LogP contribution in [0.4, 0.5) is 0 Å². The first-order valence-electron chi connectivity index (χ1n) is 27.9. The lowest BCUT2D eigenvalue weighted by Gasteiger charge is -2.90. The maximum atomic E-state index is 16.8. The summed E-state index contributed by atoms with van der Waals surface area (Å²) >= 11 is 0. The van der Waals surface area contributed by atoms with Crippen LogP contribution < -0.4 is 5.32 Å². The summed E-state index contributed by atoms with van der Waals surface area (Å²) in [5, 5.41) is 70.4. The zero-order chi connectivity index (χ0) is 51.5. The van der Waals surface area contributed by atoms with E-state index in [1.807, 2.05) is 0 Å². The average molecular weight is 1010 g/mol. The molecule has 73 heavy (non-hydrogen) atoms. The number of aliphatic hydroxyl groups is 4. The lowest BCUT2D eigenvalue weighted by molar-refractivity contribution is -0.385. The second-order valence-corrected chi connectivity index (χ2v) is 26.8. The van der Waals surface area contributed by atoms with Gasteiger partial charge in [-0.05, 0) is 157 Å². The Bertz CT molecular complexity index is 2690. The molecule has 8 fully saturated rings. The highest BCUT2D eigenvalue weighted by Gasteiger charge is 2.94. The van der Waals surface area contributed by atoms with E-state index in [0.717, 1.165) is 51.4 Å². The zero-order valence-corrected chi connectivity index (χ0v) is 43.5. The number of carboxylic acids is 2. The third-order valence-electron chi connectivity index (χ3n) is 25.1. The van der Waals surface area contributed by atoms with E-state index < -0.39 is 109 Å². The summed E-state index contributed by atoms with van der Waals surface area (Å²) in [5.74, 6) is -2.69. The first kappa shape index (κ1) is 49.0. The molecule has 1 aromatic heterocycles. The van der Waals surface area contributed by atoms with E-state index in [-0.39, 0.29) is 42.1 Å². The van der Waals surface area contributed by atoms with Crippen molar-refractivity contribution < 1.29 is 59.2 Å². The van der Waals surface area contributed by atoms with E-state index in [9.17, 15) is 40.2 Å². The fourth-order valence-electron chi connectivity index (χ4n) is 23.0. The number of rotatable bonds is 13. The van der Waals surface area contributed by atoms with E-state index in [1.54, 1.807) is 7.11 Å². The number of hydrogen-bond acceptors (Lipinski definition) is 10. The number of ether oxygens (including phenoxy) is 3. The van der Waals surface area contributed by atoms with E-state index in [2.05, 4.69) is 93.8 Å². The number of hydrogen-bond donors (Lipinski definition) is 8. The number of allylic oxidation sites excluding steroid dienone is 5. The number of carbonyl (C=O) groups is 3. The minimum absolute atomic E-state index is 0.00866. The van der Waals surface area contributed by atoms with Crippen LogP contribution in [0.25, 0.3) is 0 Å². The van der Waals surface area contributed by atoms with E-state index in [0.29, 0.717) is 45.1 Å². The molecule has 21 unspecified atom stereocenters. The Morgan fingerprint density at radius 3 is 2.44 bits per heavy atom. The minimum atomic E-state index is -1.85. The number of aryl methyl sites for hydroxylation is 2. The lowest BCUT2D eigenvalue weighted by atomic mass is 9.12. The Labute approximate surface area is 428 Å². The molecule has 8 N–H and O–H groups in total. The van der Waals surface area contributed by atoms with Crippen molar-refractivity contribution in [3.63, 3.8) is 0 Å². The van der Waals surface area contributed by atoms with Gasteiger partial charge in [0.1, 0.15) is 18.3 Å². The maximum absolute atomic E-state index is 16.8. The van der Waals surface area contributed by atoms with Gasteiger partial charge in [0.15, 0.2) is 12.4 Å². The normalized spacial score (nSPS) is 52.4. The monoisotopic (exact) mass is 1010 g/mol. The van der Waals surface area contributed by atoms with E-state index >= 15 is 4.79 Å². The second kappa shape index (κ2) is 15.3. The van der Waals surface area contributed by atoms with Crippen molar-refractivity contribution in [2.75, 3.05) is 20.3 Å². The highest BCUT2D eigenvalue weighted by atomic mass is 16.7. The van der Waals surface area contributed by atoms with Crippen molar-refractivity contribution >= 4 is 17.8 Å². The molecule has 14 nitrogen and oxygen atoms in total. The van der Waals surface area contributed by atoms with Crippen LogP contribution in [0.1, 0.15) is 123 Å². The van der Waals surface area contributed by atoms with Crippen LogP contribution in [0.3, 0.4) is 0 Å². The van der Waals surface area contributed by atoms with Crippen LogP contribution in [0.2, 0.25) is 0 Å². The highest BCUT2D eigenvalue weighted by Crippen LogP contribution is 2.97. The average Bonchev–Trinajstić information content (AvgIpc) is 3.98. The Hall–Kier alpha value is -3.63. The summed E-state index contributed by atoms with van der Waals surface area (Å²) in [5.41, 5.74) is -2.24. The van der Waals surface area contributed by atoms with Crippen LogP contribution >= 0.6 is 0 Å². The van der Waals surface area contributed by atoms with Crippen LogP contribution in [-0.4, -0.2) is 117 Å². The van der Waals surface area contributed by atoms with Gasteiger partial charge >= 0.3 is 11.9 Å². The number of aliphatic hydroxyl groups excluding tert-OH is 4. The van der Waals surface area contributed by atoms with Crippen molar-refractivity contribution in [3.05, 3.63) is 71.1 Å². The summed E-state index contributed by atoms with van der Waals surface area (Å²) in [6, 6.07) is -0.463. The summed E-state index contributed by atoms with van der Waals surface area (Å²) in [7, 11) is 1.69. The molecular weight excluding hydrogens is 929 g/mol. The van der Waals surface area contributed by atoms with Crippen molar-refractivity contribution in [2.24, 2.45) is 83.7 Å². The standard InChI is InChI=1S/C59H78N2O12/c1-7-31-28-60-29-32(31)11-18-58-38-24-36-22-33(10-8-21-62)56-26-35-13-17-53(58,27-40(50(38,2)3)72-46-43(65)41(63)42(64)44(73-46)45(66)67)16-12-34-23-39-55-15-9-14-51(4,47(55)61-48(56)68)25-37(30-71-6)54(55,49(69)70)19-20-57(39,56)52(36,5)59(34,35)58/h9,13,15,17,23,26,28-29,33-34,36-38,40-44,46-47,60,62-65H,7-8,10-12,14,16,18-22,24-25,27,30H2,1-6H3,(H,61,68)(H,66,67)(H,69,70). The molecule has 2 saturated heterocycles. The Balaban J connectivity index is 1.11. The number of carbonyl (C=O) groups excluding carboxylic acids is 1. The molecule has 0 aromatic carbocycles. The van der Waals surface area contributed by atoms with Gasteiger partial charge in [-0.3, -0.25) is 9.59 Å². The number of aromatic nitrogens is 1. The Morgan fingerprint density at radius 2 is 1.71 bits per heavy atom. The largest absolute Gasteiger partial charge is 0.481 e. The molecule has 10 aliphatic carbocycles. The molecule has 3 spiro atoms. The third kappa shape index (κ3) is 5.00. The van der Waals surface area contributed by atoms with Gasteiger partial charge in [0.2, 0.25) is 5.91 Å². The first-order chi connectivity index (χ1) is 34.7. The van der Waals surface area contributed by atoms with Crippen LogP contribution in [-0.2, 0) is 41.4 Å². The van der Waals surface area contributed by atoms with E-state index in [4.69, 9.17) is 14.2 Å². The van der Waals surface area contributed by atoms with Crippen molar-refractivity contribution in [1.29, 1.82) is 0 Å². The predicted molar refractivity (Wildman–Crippen MR) is 266 cm³/mol. The molecule has 12 aliphatic rings. The number of aliphatic carboxylic acids is 2. The number of nitrogens with one attached hydrogen (secondary N) is 2. The smallest absolute Gasteiger partial charge is 0.335 e. The van der Waals surface area contributed by atoms with Crippen LogP contribution in [0.5, 0.6) is 0 Å². The molecule has 14 heteroatoms. The minimum Gasteiger partial charge on any atom is -0.481 e. The van der Waals surface area contributed by atoms with Gasteiger partial charge in [0.05, 0.1) is 23.5 Å². The Kier molecular flexibility index (Phi) is 10.3. The van der Waals surface area contributed by atoms with Crippen molar-refractivity contribution in [1.82, 2.24) is 10.3 Å². The number of aromatic amines is 1. The third-order valence-corrected chi connectivity index (χ3v) is 25.1. The van der Waals surface area contributed by atoms with Gasteiger partial charge in [-0.2, -0.15) is 0 Å². The quantitative estimate of drug-likeness (QED) is 0.0791. The number of methoxy groups -OCH3 is 1. The molecule has 396 valence electrons. The number of carboxylic acid groups (broad SMARTS) is 2. The van der Waals surface area contributed by atoms with E-state index in [1.165, 1.54) is 22.3 Å². The van der Waals surface area contributed by atoms with Crippen LogP contribution in [0.15, 0.2) is 60.0 Å². The molecule has 1 aromatic rings. The predicted octanol–water partition coefficient (Wildman–Crippen LogP) is 6.43. The molecule has 3 heterocycles. The van der Waals surface area contributed by atoms with Gasteiger partial charge in [-0.15, -0.1) is 0 Å². The Morgan fingerprint density at radius 1 is 0.932 bits per heavy atom. The summed E-state index contributed by atoms with van der Waals surface area (Å²) in [6.45, 7) is 12.0. The van der Waals surface area contributed by atoms with Gasteiger partial charge in [0.25, 0.3) is 0 Å². The second-order valence-electron chi connectivity index (χ2n) is 26.8. The van der Waals surface area contributed by atoms with Crippen molar-refractivity contribution in [2.45, 2.75) is 167 Å². The van der Waals surface area contributed by atoms with Gasteiger partial charge in [0, 0.05) is 54.3 Å². The van der Waals surface area contributed by atoms with Gasteiger partial charge < -0.3 is 55.2 Å². The highest BCUT2D eigenvalue weighted by molar-refractivity contribution is 5.93. The molecule has 6 saturated carbocycles. The SMILES string of the molecule is CCc1c[nH]cc1CCC12C3CC4CC(CCCO)C56C=C7C=CC1(CCC1C=C8C9%10C=CCC(C)(CC(COC)C9(C(=O)O)CCC85C4(C)C712)C%10NC6=O)CC(OC1OC(C(=O)O)C(O)C(O)C1O)C3(C)C. The molecular formula is C59H78N2O12. The molecule has 2 aliphatic heterocycles. The zero-order valence-electron chi connectivity index (χ0n) is 43.5. The first-order valence-corrected chi connectivity index (χ1v) is 27.9. The fraction of sp³-hybridized carbons (Fsp3) is 0.746. The molecule has 7 bridgehead atoms. The topological polar surface area (TPSA) is 228 Å². The summed E-state index contributed by atoms with van der Waals surface area (Å²) in [4.78, 5) is 47.7.